The van der Waals surface area contributed by atoms with Crippen LogP contribution in [0.1, 0.15) is 16.8 Å². The molecule has 0 N–H and O–H groups in total. The SMILES string of the molecule is COc1ccccc1C(=O)N1CCC(F)(F)C(Oc2ccc3ccccc3n2)C1. The first-order chi connectivity index (χ1) is 14.0. The van der Waals surface area contributed by atoms with Gasteiger partial charge in [-0.05, 0) is 24.3 Å². The number of hydrogen-bond donors (Lipinski definition) is 0. The second-order valence-corrected chi connectivity index (χ2v) is 6.91. The van der Waals surface area contributed by atoms with Crippen molar-refractivity contribution >= 4 is 16.8 Å². The summed E-state index contributed by atoms with van der Waals surface area (Å²) in [5.41, 5.74) is 0.994. The molecule has 0 aliphatic carbocycles. The molecule has 2 heterocycles. The molecule has 1 aliphatic heterocycles. The Morgan fingerprint density at radius 2 is 1.86 bits per heavy atom. The molecule has 3 aromatic rings. The summed E-state index contributed by atoms with van der Waals surface area (Å²) in [6.07, 6.45) is -1.96. The summed E-state index contributed by atoms with van der Waals surface area (Å²) in [7, 11) is 1.47. The van der Waals surface area contributed by atoms with Crippen molar-refractivity contribution in [1.29, 1.82) is 0 Å². The molecule has 150 valence electrons. The van der Waals surface area contributed by atoms with Gasteiger partial charge in [-0.2, -0.15) is 0 Å². The number of carbonyl (C=O) groups is 1. The Balaban J connectivity index is 1.56. The summed E-state index contributed by atoms with van der Waals surface area (Å²) in [6, 6.07) is 17.5. The van der Waals surface area contributed by atoms with Gasteiger partial charge in [0.2, 0.25) is 5.88 Å². The minimum atomic E-state index is -3.06. The van der Waals surface area contributed by atoms with Crippen molar-refractivity contribution in [1.82, 2.24) is 9.88 Å². The number of nitrogens with zero attached hydrogens (tertiary/aromatic N) is 2. The van der Waals surface area contributed by atoms with Crippen LogP contribution in [0.3, 0.4) is 0 Å². The molecule has 29 heavy (non-hydrogen) atoms. The number of fused-ring (bicyclic) bond motifs is 1. The van der Waals surface area contributed by atoms with Gasteiger partial charge >= 0.3 is 0 Å². The van der Waals surface area contributed by atoms with Gasteiger partial charge in [0.15, 0.2) is 6.10 Å². The van der Waals surface area contributed by atoms with Crippen molar-refractivity contribution in [2.45, 2.75) is 18.4 Å². The average molecular weight is 398 g/mol. The van der Waals surface area contributed by atoms with E-state index in [9.17, 15) is 13.6 Å². The molecule has 0 radical (unpaired) electrons. The summed E-state index contributed by atoms with van der Waals surface area (Å²) in [6.45, 7) is -0.298. The van der Waals surface area contributed by atoms with Crippen LogP contribution < -0.4 is 9.47 Å². The van der Waals surface area contributed by atoms with Gasteiger partial charge in [-0.1, -0.05) is 30.3 Å². The van der Waals surface area contributed by atoms with Crippen LogP contribution in [-0.2, 0) is 0 Å². The Morgan fingerprint density at radius 3 is 2.69 bits per heavy atom. The minimum Gasteiger partial charge on any atom is -0.496 e. The highest BCUT2D eigenvalue weighted by atomic mass is 19.3. The maximum Gasteiger partial charge on any atom is 0.287 e. The maximum atomic E-state index is 14.5. The fraction of sp³-hybridized carbons (Fsp3) is 0.273. The van der Waals surface area contributed by atoms with E-state index in [0.29, 0.717) is 16.8 Å². The smallest absolute Gasteiger partial charge is 0.287 e. The number of methoxy groups -OCH3 is 1. The van der Waals surface area contributed by atoms with Gasteiger partial charge in [0.1, 0.15) is 5.75 Å². The number of piperidine rings is 1. The number of benzene rings is 2. The van der Waals surface area contributed by atoms with E-state index in [-0.39, 0.29) is 24.9 Å². The van der Waals surface area contributed by atoms with Crippen molar-refractivity contribution in [3.05, 3.63) is 66.2 Å². The number of amides is 1. The fourth-order valence-corrected chi connectivity index (χ4v) is 3.43. The van der Waals surface area contributed by atoms with E-state index in [0.717, 1.165) is 5.39 Å². The quantitative estimate of drug-likeness (QED) is 0.662. The van der Waals surface area contributed by atoms with Crippen molar-refractivity contribution in [3.8, 4) is 11.6 Å². The lowest BCUT2D eigenvalue weighted by Crippen LogP contribution is -2.55. The predicted octanol–water partition coefficient (Wildman–Crippen LogP) is 4.17. The molecule has 5 nitrogen and oxygen atoms in total. The highest BCUT2D eigenvalue weighted by molar-refractivity contribution is 5.97. The summed E-state index contributed by atoms with van der Waals surface area (Å²) < 4.78 is 39.9. The number of ether oxygens (including phenoxy) is 2. The highest BCUT2D eigenvalue weighted by Crippen LogP contribution is 2.33. The molecule has 2 aromatic carbocycles. The first-order valence-corrected chi connectivity index (χ1v) is 9.30. The number of likely N-dealkylation sites (tertiary alicyclic amines) is 1. The second-order valence-electron chi connectivity index (χ2n) is 6.91. The monoisotopic (exact) mass is 398 g/mol. The molecular weight excluding hydrogens is 378 g/mol. The molecule has 7 heteroatoms. The average Bonchev–Trinajstić information content (AvgIpc) is 2.74. The van der Waals surface area contributed by atoms with Crippen molar-refractivity contribution in [3.63, 3.8) is 0 Å². The largest absolute Gasteiger partial charge is 0.496 e. The van der Waals surface area contributed by atoms with Crippen molar-refractivity contribution in [2.75, 3.05) is 20.2 Å². The molecule has 0 spiro atoms. The highest BCUT2D eigenvalue weighted by Gasteiger charge is 2.47. The summed E-state index contributed by atoms with van der Waals surface area (Å²) in [5, 5.41) is 0.892. The number of hydrogen-bond acceptors (Lipinski definition) is 4. The van der Waals surface area contributed by atoms with Crippen LogP contribution >= 0.6 is 0 Å². The van der Waals surface area contributed by atoms with E-state index in [1.807, 2.05) is 18.2 Å². The van der Waals surface area contributed by atoms with Crippen molar-refractivity contribution < 1.29 is 23.0 Å². The number of rotatable bonds is 4. The first-order valence-electron chi connectivity index (χ1n) is 9.30. The van der Waals surface area contributed by atoms with Crippen LogP contribution in [0.25, 0.3) is 10.9 Å². The van der Waals surface area contributed by atoms with Gasteiger partial charge in [0.05, 0.1) is 24.7 Å². The van der Waals surface area contributed by atoms with E-state index in [2.05, 4.69) is 4.98 Å². The van der Waals surface area contributed by atoms with Crippen LogP contribution in [0, 0.1) is 0 Å². The lowest BCUT2D eigenvalue weighted by Gasteiger charge is -2.38. The predicted molar refractivity (Wildman–Crippen MR) is 105 cm³/mol. The van der Waals surface area contributed by atoms with Crippen LogP contribution in [0.15, 0.2) is 60.7 Å². The molecule has 1 aromatic heterocycles. The van der Waals surface area contributed by atoms with Crippen LogP contribution in [0.5, 0.6) is 11.6 Å². The van der Waals surface area contributed by atoms with Gasteiger partial charge in [0, 0.05) is 24.4 Å². The topological polar surface area (TPSA) is 51.7 Å². The van der Waals surface area contributed by atoms with E-state index >= 15 is 0 Å². The van der Waals surface area contributed by atoms with E-state index < -0.39 is 18.4 Å². The van der Waals surface area contributed by atoms with Crippen LogP contribution in [-0.4, -0.2) is 48.0 Å². The number of aromatic nitrogens is 1. The van der Waals surface area contributed by atoms with E-state index in [1.54, 1.807) is 42.5 Å². The van der Waals surface area contributed by atoms with Gasteiger partial charge in [0.25, 0.3) is 11.8 Å². The van der Waals surface area contributed by atoms with Gasteiger partial charge in [-0.25, -0.2) is 13.8 Å². The molecule has 1 aliphatic rings. The van der Waals surface area contributed by atoms with Crippen molar-refractivity contribution in [2.24, 2.45) is 0 Å². The van der Waals surface area contributed by atoms with Gasteiger partial charge < -0.3 is 14.4 Å². The van der Waals surface area contributed by atoms with Crippen LogP contribution in [0.2, 0.25) is 0 Å². The first kappa shape index (κ1) is 19.1. The summed E-state index contributed by atoms with van der Waals surface area (Å²) in [5.74, 6) is -2.91. The third-order valence-corrected chi connectivity index (χ3v) is 5.03. The number of halogens is 2. The zero-order chi connectivity index (χ0) is 20.4. The second kappa shape index (κ2) is 7.66. The Labute approximate surface area is 166 Å². The Kier molecular flexibility index (Phi) is 5.05. The number of pyridine rings is 1. The molecule has 0 saturated carbocycles. The molecular formula is C22H20F2N2O3. The fourth-order valence-electron chi connectivity index (χ4n) is 3.43. The number of carbonyl (C=O) groups excluding carboxylic acids is 1. The Bertz CT molecular complexity index is 1040. The van der Waals surface area contributed by atoms with E-state index in [4.69, 9.17) is 9.47 Å². The summed E-state index contributed by atoms with van der Waals surface area (Å²) in [4.78, 5) is 18.6. The lowest BCUT2D eigenvalue weighted by atomic mass is 10.0. The molecule has 1 saturated heterocycles. The molecule has 1 amide bonds. The summed E-state index contributed by atoms with van der Waals surface area (Å²) >= 11 is 0. The van der Waals surface area contributed by atoms with E-state index in [1.165, 1.54) is 12.0 Å². The number of para-hydroxylation sites is 2. The molecule has 1 fully saturated rings. The minimum absolute atomic E-state index is 0.0606. The zero-order valence-corrected chi connectivity index (χ0v) is 15.8. The Morgan fingerprint density at radius 1 is 1.10 bits per heavy atom. The standard InChI is InChI=1S/C22H20F2N2O3/c1-28-18-9-5-3-7-16(18)21(27)26-13-12-22(23,24)19(14-26)29-20-11-10-15-6-2-4-8-17(15)25-20/h2-11,19H,12-14H2,1H3. The third-order valence-electron chi connectivity index (χ3n) is 5.03. The third kappa shape index (κ3) is 3.85. The maximum absolute atomic E-state index is 14.5. The molecule has 1 unspecified atom stereocenters. The normalized spacial score (nSPS) is 18.4. The zero-order valence-electron chi connectivity index (χ0n) is 15.8. The van der Waals surface area contributed by atoms with Crippen LogP contribution in [0.4, 0.5) is 8.78 Å². The molecule has 0 bridgehead atoms. The lowest BCUT2D eigenvalue weighted by molar-refractivity contribution is -0.131. The van der Waals surface area contributed by atoms with Gasteiger partial charge in [-0.3, -0.25) is 4.79 Å². The number of alkyl halides is 2. The Hall–Kier alpha value is -3.22. The molecule has 1 atom stereocenters. The van der Waals surface area contributed by atoms with Gasteiger partial charge in [-0.15, -0.1) is 0 Å². The molecule has 4 rings (SSSR count).